The van der Waals surface area contributed by atoms with E-state index in [2.05, 4.69) is 14.8 Å². The molecule has 0 unspecified atom stereocenters. The second-order valence-electron chi connectivity index (χ2n) is 6.74. The number of amides is 1. The predicted octanol–water partition coefficient (Wildman–Crippen LogP) is 2.53. The molecule has 7 heteroatoms. The van der Waals surface area contributed by atoms with Crippen molar-refractivity contribution in [2.75, 3.05) is 32.7 Å². The predicted molar refractivity (Wildman–Crippen MR) is 96.8 cm³/mol. The quantitative estimate of drug-likeness (QED) is 0.839. The highest BCUT2D eigenvalue weighted by atomic mass is 32.2. The van der Waals surface area contributed by atoms with Crippen molar-refractivity contribution in [1.82, 2.24) is 9.80 Å². The first-order chi connectivity index (χ1) is 12.1. The van der Waals surface area contributed by atoms with Crippen LogP contribution in [0.1, 0.15) is 18.4 Å². The number of halogens is 1. The number of thioether (sulfide) groups is 1. The van der Waals surface area contributed by atoms with Crippen molar-refractivity contribution >= 4 is 28.9 Å². The topological polar surface area (TPSA) is 56.1 Å². The lowest BCUT2D eigenvalue weighted by atomic mass is 10.2. The van der Waals surface area contributed by atoms with Gasteiger partial charge in [0.15, 0.2) is 5.17 Å². The Bertz CT molecular complexity index is 753. The Morgan fingerprint density at radius 3 is 2.76 bits per heavy atom. The Kier molecular flexibility index (Phi) is 4.52. The molecule has 1 aromatic carbocycles. The van der Waals surface area contributed by atoms with Crippen molar-refractivity contribution in [2.24, 2.45) is 10.9 Å². The number of carbonyl (C=O) groups excluding carboxylic acids is 1. The van der Waals surface area contributed by atoms with Crippen LogP contribution in [0.3, 0.4) is 0 Å². The molecule has 3 aliphatic rings. The van der Waals surface area contributed by atoms with E-state index in [4.69, 9.17) is 0 Å². The summed E-state index contributed by atoms with van der Waals surface area (Å²) in [5.41, 5.74) is 0.293. The van der Waals surface area contributed by atoms with Gasteiger partial charge in [0.05, 0.1) is 4.91 Å². The van der Waals surface area contributed by atoms with Crippen LogP contribution in [0.15, 0.2) is 28.1 Å². The van der Waals surface area contributed by atoms with Crippen LogP contribution in [0.25, 0.3) is 6.08 Å². The summed E-state index contributed by atoms with van der Waals surface area (Å²) in [6, 6.07) is 3.68. The number of hydrogen-bond donors (Lipinski definition) is 1. The minimum atomic E-state index is -0.451. The normalized spacial score (nSPS) is 23.4. The lowest BCUT2D eigenvalue weighted by molar-refractivity contribution is -0.113. The van der Waals surface area contributed by atoms with Crippen LogP contribution < -0.4 is 0 Å². The highest BCUT2D eigenvalue weighted by Crippen LogP contribution is 2.33. The molecule has 25 heavy (non-hydrogen) atoms. The number of aliphatic imine (C=N–C) groups is 1. The zero-order valence-electron chi connectivity index (χ0n) is 13.8. The van der Waals surface area contributed by atoms with Crippen LogP contribution >= 0.6 is 11.8 Å². The Morgan fingerprint density at radius 1 is 1.28 bits per heavy atom. The van der Waals surface area contributed by atoms with Crippen molar-refractivity contribution in [3.63, 3.8) is 0 Å². The summed E-state index contributed by atoms with van der Waals surface area (Å²) in [5.74, 6) is 0.0568. The van der Waals surface area contributed by atoms with Crippen molar-refractivity contribution in [3.8, 4) is 5.75 Å². The van der Waals surface area contributed by atoms with Crippen LogP contribution in [-0.2, 0) is 4.79 Å². The standard InChI is InChI=1S/C18H20FN3O2S/c19-14-3-4-15(23)13(9-14)10-16-17(24)20-18(25-16)22-7-5-21(6-8-22)11-12-1-2-12/h3-4,9-10,12,23H,1-2,5-8,11H2/b16-10-. The maximum absolute atomic E-state index is 13.3. The van der Waals surface area contributed by atoms with Crippen LogP contribution in [-0.4, -0.2) is 58.7 Å². The maximum Gasteiger partial charge on any atom is 0.286 e. The van der Waals surface area contributed by atoms with Gasteiger partial charge in [-0.15, -0.1) is 0 Å². The molecule has 1 amide bonds. The molecule has 0 bridgehead atoms. The van der Waals surface area contributed by atoms with Gasteiger partial charge in [0.2, 0.25) is 0 Å². The number of rotatable bonds is 3. The molecule has 5 nitrogen and oxygen atoms in total. The van der Waals surface area contributed by atoms with Crippen LogP contribution in [0.2, 0.25) is 0 Å². The summed E-state index contributed by atoms with van der Waals surface area (Å²) >= 11 is 1.30. The molecule has 1 saturated heterocycles. The summed E-state index contributed by atoms with van der Waals surface area (Å²) < 4.78 is 13.3. The number of hydrogen-bond acceptors (Lipinski definition) is 5. The van der Waals surface area contributed by atoms with E-state index >= 15 is 0 Å². The number of benzene rings is 1. The summed E-state index contributed by atoms with van der Waals surface area (Å²) in [4.78, 5) is 21.3. The second-order valence-corrected chi connectivity index (χ2v) is 7.75. The second kappa shape index (κ2) is 6.80. The van der Waals surface area contributed by atoms with Gasteiger partial charge in [-0.3, -0.25) is 9.69 Å². The summed E-state index contributed by atoms with van der Waals surface area (Å²) in [5, 5.41) is 10.5. The molecule has 0 aromatic heterocycles. The SMILES string of the molecule is O=C1N=C(N2CCN(CC3CC3)CC2)S/C1=C\c1cc(F)ccc1O. The lowest BCUT2D eigenvalue weighted by Gasteiger charge is -2.35. The molecule has 132 valence electrons. The van der Waals surface area contributed by atoms with E-state index in [-0.39, 0.29) is 11.7 Å². The highest BCUT2D eigenvalue weighted by Gasteiger charge is 2.30. The van der Waals surface area contributed by atoms with E-state index in [0.29, 0.717) is 15.6 Å². The molecule has 2 aliphatic heterocycles. The number of aromatic hydroxyl groups is 1. The van der Waals surface area contributed by atoms with Gasteiger partial charge in [-0.1, -0.05) is 0 Å². The Hall–Kier alpha value is -1.86. The molecule has 4 rings (SSSR count). The molecule has 1 aliphatic carbocycles. The Morgan fingerprint density at radius 2 is 2.04 bits per heavy atom. The van der Waals surface area contributed by atoms with Gasteiger partial charge in [0.1, 0.15) is 11.6 Å². The molecule has 1 aromatic rings. The zero-order valence-corrected chi connectivity index (χ0v) is 14.6. The number of carbonyl (C=O) groups is 1. The van der Waals surface area contributed by atoms with Crippen molar-refractivity contribution < 1.29 is 14.3 Å². The summed E-state index contributed by atoms with van der Waals surface area (Å²) in [7, 11) is 0. The Labute approximate surface area is 150 Å². The van der Waals surface area contributed by atoms with Gasteiger partial charge in [0.25, 0.3) is 5.91 Å². The molecular weight excluding hydrogens is 341 g/mol. The van der Waals surface area contributed by atoms with Crippen molar-refractivity contribution in [1.29, 1.82) is 0 Å². The molecule has 1 N–H and O–H groups in total. The van der Waals surface area contributed by atoms with Gasteiger partial charge >= 0.3 is 0 Å². The molecule has 1 saturated carbocycles. The van der Waals surface area contributed by atoms with Crippen molar-refractivity contribution in [2.45, 2.75) is 12.8 Å². The number of amidine groups is 1. The number of phenols is 1. The average Bonchev–Trinajstić information content (AvgIpc) is 3.34. The van der Waals surface area contributed by atoms with Crippen LogP contribution in [0.5, 0.6) is 5.75 Å². The first-order valence-corrected chi connectivity index (χ1v) is 9.38. The van der Waals surface area contributed by atoms with Gasteiger partial charge in [0, 0.05) is 38.3 Å². The lowest BCUT2D eigenvalue weighted by Crippen LogP contribution is -2.48. The average molecular weight is 361 g/mol. The van der Waals surface area contributed by atoms with Gasteiger partial charge < -0.3 is 10.0 Å². The smallest absolute Gasteiger partial charge is 0.286 e. The van der Waals surface area contributed by atoms with E-state index in [0.717, 1.165) is 32.1 Å². The Balaban J connectivity index is 1.40. The fourth-order valence-corrected chi connectivity index (χ4v) is 4.06. The first kappa shape index (κ1) is 16.6. The zero-order chi connectivity index (χ0) is 17.4. The first-order valence-electron chi connectivity index (χ1n) is 8.57. The highest BCUT2D eigenvalue weighted by molar-refractivity contribution is 8.18. The number of nitrogens with zero attached hydrogens (tertiary/aromatic N) is 3. The van der Waals surface area contributed by atoms with Gasteiger partial charge in [-0.25, -0.2) is 4.39 Å². The summed E-state index contributed by atoms with van der Waals surface area (Å²) in [6.45, 7) is 4.91. The minimum absolute atomic E-state index is 0.0514. The number of piperazine rings is 1. The van der Waals surface area contributed by atoms with E-state index in [1.807, 2.05) is 0 Å². The molecule has 0 spiro atoms. The van der Waals surface area contributed by atoms with Crippen LogP contribution in [0.4, 0.5) is 4.39 Å². The molecule has 0 radical (unpaired) electrons. The molecule has 2 heterocycles. The van der Waals surface area contributed by atoms with Crippen LogP contribution in [0, 0.1) is 11.7 Å². The largest absolute Gasteiger partial charge is 0.507 e. The fraction of sp³-hybridized carbons (Fsp3) is 0.444. The van der Waals surface area contributed by atoms with Crippen molar-refractivity contribution in [3.05, 3.63) is 34.5 Å². The van der Waals surface area contributed by atoms with Gasteiger partial charge in [-0.05, 0) is 54.8 Å². The molecule has 2 fully saturated rings. The molecule has 0 atom stereocenters. The third-order valence-electron chi connectivity index (χ3n) is 4.74. The number of phenolic OH excluding ortho intramolecular Hbond substituents is 1. The minimum Gasteiger partial charge on any atom is -0.507 e. The third kappa shape index (κ3) is 3.88. The van der Waals surface area contributed by atoms with E-state index in [1.54, 1.807) is 0 Å². The van der Waals surface area contributed by atoms with Gasteiger partial charge in [-0.2, -0.15) is 4.99 Å². The summed E-state index contributed by atoms with van der Waals surface area (Å²) in [6.07, 6.45) is 4.22. The fourth-order valence-electron chi connectivity index (χ4n) is 3.10. The molecular formula is C18H20FN3O2S. The maximum atomic E-state index is 13.3. The third-order valence-corrected chi connectivity index (χ3v) is 5.79. The van der Waals surface area contributed by atoms with E-state index < -0.39 is 5.82 Å². The monoisotopic (exact) mass is 361 g/mol. The van der Waals surface area contributed by atoms with E-state index in [1.165, 1.54) is 55.4 Å². The van der Waals surface area contributed by atoms with E-state index in [9.17, 15) is 14.3 Å².